The summed E-state index contributed by atoms with van der Waals surface area (Å²) >= 11 is 0. The van der Waals surface area contributed by atoms with Crippen molar-refractivity contribution in [2.45, 2.75) is 191 Å². The van der Waals surface area contributed by atoms with Gasteiger partial charge in [0.05, 0.1) is 6.61 Å². The van der Waals surface area contributed by atoms with Gasteiger partial charge in [-0.2, -0.15) is 0 Å². The second kappa shape index (κ2) is 31.2. The number of hydrogen-bond acceptors (Lipinski definition) is 12. The molecule has 1 aliphatic carbocycles. The molecule has 7 unspecified atom stereocenters. The molecule has 13 nitrogen and oxygen atoms in total. The highest BCUT2D eigenvalue weighted by Gasteiger charge is 2.51. The van der Waals surface area contributed by atoms with Gasteiger partial charge < -0.3 is 39.9 Å². The summed E-state index contributed by atoms with van der Waals surface area (Å²) in [6.07, 6.45) is 19.3. The lowest BCUT2D eigenvalue weighted by Gasteiger charge is -2.41. The van der Waals surface area contributed by atoms with Crippen LogP contribution < -0.4 is 0 Å². The Morgan fingerprint density at radius 1 is 0.593 bits per heavy atom. The number of unbranched alkanes of at least 4 members (excludes halogenated alkanes) is 16. The number of phosphoric ester groups is 1. The molecule has 8 atom stereocenters. The van der Waals surface area contributed by atoms with Crippen LogP contribution in [0.5, 0.6) is 0 Å². The zero-order valence-electron chi connectivity index (χ0n) is 32.8. The van der Waals surface area contributed by atoms with Crippen molar-refractivity contribution in [2.75, 3.05) is 13.2 Å². The summed E-state index contributed by atoms with van der Waals surface area (Å²) in [6.45, 7) is 3.11. The second-order valence-corrected chi connectivity index (χ2v) is 15.6. The minimum absolute atomic E-state index is 0.0745. The van der Waals surface area contributed by atoms with E-state index in [4.69, 9.17) is 18.5 Å². The molecule has 1 fully saturated rings. The van der Waals surface area contributed by atoms with Crippen molar-refractivity contribution in [3.8, 4) is 0 Å². The van der Waals surface area contributed by atoms with Gasteiger partial charge in [-0.3, -0.25) is 18.6 Å². The van der Waals surface area contributed by atoms with Gasteiger partial charge in [0, 0.05) is 12.8 Å². The van der Waals surface area contributed by atoms with Crippen LogP contribution in [0.4, 0.5) is 0 Å². The molecule has 0 aliphatic heterocycles. The van der Waals surface area contributed by atoms with E-state index in [1.807, 2.05) is 24.3 Å². The predicted molar refractivity (Wildman–Crippen MR) is 207 cm³/mol. The number of rotatable bonds is 32. The summed E-state index contributed by atoms with van der Waals surface area (Å²) in [5.41, 5.74) is 0. The molecule has 0 aromatic heterocycles. The summed E-state index contributed by atoms with van der Waals surface area (Å²) in [5.74, 6) is -1.12. The van der Waals surface area contributed by atoms with E-state index in [1.54, 1.807) is 0 Å². The van der Waals surface area contributed by atoms with Gasteiger partial charge in [-0.1, -0.05) is 140 Å². The molecule has 0 aromatic carbocycles. The van der Waals surface area contributed by atoms with Crippen molar-refractivity contribution in [1.82, 2.24) is 0 Å². The Bertz CT molecular complexity index is 1100. The van der Waals surface area contributed by atoms with Crippen LogP contribution in [-0.2, 0) is 32.7 Å². The highest BCUT2D eigenvalue weighted by atomic mass is 31.2. The van der Waals surface area contributed by atoms with Gasteiger partial charge in [0.1, 0.15) is 43.2 Å². The standard InChI is InChI=1S/C40H71O13P/c1-3-5-7-9-11-13-15-17-19-21-23-25-27-29-34(42)52-32(30-50-33(41)28-26-24-22-20-18-16-14-12-10-8-6-4-2)31-51-54(48,49)53-40-38(46)36(44)35(43)37(45)39(40)47/h5,7,9,11,13,15,32,35-40,43-47H,3-4,6,8,10,12,14,16-31H2,1-2H3,(H,48,49)/b7-5+,11-9+,15-13+/t32?,35?,36-,37?,38?,39?,40?/m1/s1. The van der Waals surface area contributed by atoms with Gasteiger partial charge in [0.15, 0.2) is 6.10 Å². The van der Waals surface area contributed by atoms with E-state index in [-0.39, 0.29) is 12.8 Å². The summed E-state index contributed by atoms with van der Waals surface area (Å²) in [5, 5.41) is 50.0. The number of aliphatic hydroxyl groups is 5. The second-order valence-electron chi connectivity index (χ2n) is 14.2. The molecule has 1 rings (SSSR count). The molecule has 0 spiro atoms. The molecule has 0 radical (unpaired) electrons. The first-order valence-corrected chi connectivity index (χ1v) is 21.8. The average Bonchev–Trinajstić information content (AvgIpc) is 3.15. The maximum atomic E-state index is 12.7. The van der Waals surface area contributed by atoms with Crippen LogP contribution in [0.2, 0.25) is 0 Å². The topological polar surface area (TPSA) is 210 Å². The largest absolute Gasteiger partial charge is 0.472 e. The van der Waals surface area contributed by atoms with Crippen LogP contribution >= 0.6 is 7.82 Å². The lowest BCUT2D eigenvalue weighted by molar-refractivity contribution is -0.220. The maximum Gasteiger partial charge on any atom is 0.472 e. The van der Waals surface area contributed by atoms with Gasteiger partial charge in [-0.05, 0) is 32.1 Å². The molecular weight excluding hydrogens is 719 g/mol. The lowest BCUT2D eigenvalue weighted by atomic mass is 9.85. The fourth-order valence-electron chi connectivity index (χ4n) is 5.99. The van der Waals surface area contributed by atoms with Crippen molar-refractivity contribution in [3.05, 3.63) is 36.5 Å². The fourth-order valence-corrected chi connectivity index (χ4v) is 6.96. The van der Waals surface area contributed by atoms with Crippen LogP contribution in [0.25, 0.3) is 0 Å². The number of hydrogen-bond donors (Lipinski definition) is 6. The van der Waals surface area contributed by atoms with Gasteiger partial charge in [0.2, 0.25) is 0 Å². The number of phosphoric acid groups is 1. The third-order valence-electron chi connectivity index (χ3n) is 9.31. The maximum absolute atomic E-state index is 12.7. The average molecular weight is 791 g/mol. The van der Waals surface area contributed by atoms with E-state index < -0.39 is 75.7 Å². The van der Waals surface area contributed by atoms with E-state index in [0.29, 0.717) is 12.8 Å². The Labute approximate surface area is 323 Å². The molecule has 1 aliphatic rings. The third kappa shape index (κ3) is 23.9. The van der Waals surface area contributed by atoms with Gasteiger partial charge in [-0.15, -0.1) is 0 Å². The summed E-state index contributed by atoms with van der Waals surface area (Å²) in [7, 11) is -5.11. The Balaban J connectivity index is 2.54. The highest BCUT2D eigenvalue weighted by molar-refractivity contribution is 7.47. The van der Waals surface area contributed by atoms with Crippen LogP contribution in [0.3, 0.4) is 0 Å². The Morgan fingerprint density at radius 2 is 1.06 bits per heavy atom. The number of carbonyl (C=O) groups is 2. The SMILES string of the molecule is CC/C=C/C=C/C=C/CCCCCCCC(=O)OC(COC(=O)CCCCCCCCCCCCCC)COP(=O)(O)OC1C(O)C(O)C(O)[C@@H](O)C1O. The first-order valence-electron chi connectivity index (χ1n) is 20.3. The number of aliphatic hydroxyl groups excluding tert-OH is 5. The first kappa shape index (κ1) is 50.1. The molecule has 0 amide bonds. The molecule has 54 heavy (non-hydrogen) atoms. The molecule has 0 bridgehead atoms. The van der Waals surface area contributed by atoms with E-state index >= 15 is 0 Å². The molecule has 14 heteroatoms. The summed E-state index contributed by atoms with van der Waals surface area (Å²) in [6, 6.07) is 0. The Hall–Kier alpha value is -1.93. The highest BCUT2D eigenvalue weighted by Crippen LogP contribution is 2.47. The van der Waals surface area contributed by atoms with Crippen LogP contribution in [0, 0.1) is 0 Å². The van der Waals surface area contributed by atoms with Gasteiger partial charge in [-0.25, -0.2) is 4.57 Å². The monoisotopic (exact) mass is 790 g/mol. The van der Waals surface area contributed by atoms with Crippen molar-refractivity contribution in [2.24, 2.45) is 0 Å². The van der Waals surface area contributed by atoms with Crippen LogP contribution in [0.1, 0.15) is 149 Å². The number of carbonyl (C=O) groups excluding carboxylic acids is 2. The first-order chi connectivity index (χ1) is 25.9. The number of esters is 2. The molecular formula is C40H71O13P. The van der Waals surface area contributed by atoms with E-state index in [2.05, 4.69) is 26.0 Å². The number of allylic oxidation sites excluding steroid dienone is 6. The summed E-state index contributed by atoms with van der Waals surface area (Å²) < 4.78 is 33.3. The van der Waals surface area contributed by atoms with E-state index in [1.165, 1.54) is 51.4 Å². The van der Waals surface area contributed by atoms with E-state index in [9.17, 15) is 44.6 Å². The molecule has 6 N–H and O–H groups in total. The minimum atomic E-state index is -5.11. The van der Waals surface area contributed by atoms with Crippen LogP contribution in [-0.4, -0.2) is 98.3 Å². The van der Waals surface area contributed by atoms with Gasteiger partial charge >= 0.3 is 19.8 Å². The summed E-state index contributed by atoms with van der Waals surface area (Å²) in [4.78, 5) is 35.5. The van der Waals surface area contributed by atoms with Crippen molar-refractivity contribution < 1.29 is 63.1 Å². The molecule has 314 valence electrons. The molecule has 0 saturated heterocycles. The third-order valence-corrected chi connectivity index (χ3v) is 10.3. The zero-order valence-corrected chi connectivity index (χ0v) is 33.7. The van der Waals surface area contributed by atoms with Crippen LogP contribution in [0.15, 0.2) is 36.5 Å². The van der Waals surface area contributed by atoms with Crippen molar-refractivity contribution >= 4 is 19.8 Å². The molecule has 0 heterocycles. The fraction of sp³-hybridized carbons (Fsp3) is 0.800. The predicted octanol–water partition coefficient (Wildman–Crippen LogP) is 6.66. The lowest BCUT2D eigenvalue weighted by Crippen LogP contribution is -2.64. The van der Waals surface area contributed by atoms with Crippen molar-refractivity contribution in [3.63, 3.8) is 0 Å². The Kier molecular flexibility index (Phi) is 28.9. The van der Waals surface area contributed by atoms with Crippen molar-refractivity contribution in [1.29, 1.82) is 0 Å². The smallest absolute Gasteiger partial charge is 0.462 e. The zero-order chi connectivity index (χ0) is 40.0. The van der Waals surface area contributed by atoms with E-state index in [0.717, 1.165) is 57.8 Å². The Morgan fingerprint density at radius 3 is 1.59 bits per heavy atom. The van der Waals surface area contributed by atoms with Gasteiger partial charge in [0.25, 0.3) is 0 Å². The molecule has 0 aromatic rings. The quantitative estimate of drug-likeness (QED) is 0.0183. The number of ether oxygens (including phenoxy) is 2. The molecule has 1 saturated carbocycles. The normalized spacial score (nSPS) is 23.6. The minimum Gasteiger partial charge on any atom is -0.462 e.